The molecule has 0 fully saturated rings. The molecule has 0 bridgehead atoms. The molecule has 1 aliphatic carbocycles. The summed E-state index contributed by atoms with van der Waals surface area (Å²) in [5, 5.41) is 0. The van der Waals surface area contributed by atoms with E-state index in [2.05, 4.69) is 0 Å². The van der Waals surface area contributed by atoms with E-state index in [-0.39, 0.29) is 5.92 Å². The molecule has 2 heteroatoms. The highest BCUT2D eigenvalue weighted by atomic mass is 19.2. The van der Waals surface area contributed by atoms with Crippen molar-refractivity contribution in [3.8, 4) is 0 Å². The van der Waals surface area contributed by atoms with Gasteiger partial charge in [0.2, 0.25) is 0 Å². The van der Waals surface area contributed by atoms with Gasteiger partial charge in [-0.1, -0.05) is 24.3 Å². The molecule has 0 aromatic rings. The van der Waals surface area contributed by atoms with Crippen LogP contribution in [0.25, 0.3) is 0 Å². The molecule has 1 unspecified atom stereocenters. The number of hydrogen-bond donors (Lipinski definition) is 0. The van der Waals surface area contributed by atoms with Crippen LogP contribution >= 0.6 is 0 Å². The SMILES string of the molecule is FCC(F)C1C=CCC=C1. The second kappa shape index (κ2) is 3.49. The van der Waals surface area contributed by atoms with Crippen LogP contribution in [0.2, 0.25) is 0 Å². The second-order valence-electron chi connectivity index (χ2n) is 2.34. The number of allylic oxidation sites excluding steroid dienone is 4. The van der Waals surface area contributed by atoms with Gasteiger partial charge in [0.25, 0.3) is 0 Å². The molecule has 0 radical (unpaired) electrons. The summed E-state index contributed by atoms with van der Waals surface area (Å²) in [5.74, 6) is -0.334. The maximum atomic E-state index is 12.5. The number of halogens is 2. The predicted octanol–water partition coefficient (Wildman–Crippen LogP) is 2.43. The summed E-state index contributed by atoms with van der Waals surface area (Å²) >= 11 is 0. The minimum atomic E-state index is -1.35. The van der Waals surface area contributed by atoms with E-state index in [1.165, 1.54) is 0 Å². The fourth-order valence-corrected chi connectivity index (χ4v) is 0.958. The molecule has 0 nitrogen and oxygen atoms in total. The van der Waals surface area contributed by atoms with Crippen LogP contribution in [0.15, 0.2) is 24.3 Å². The van der Waals surface area contributed by atoms with Gasteiger partial charge in [-0.3, -0.25) is 0 Å². The van der Waals surface area contributed by atoms with Crippen LogP contribution < -0.4 is 0 Å². The van der Waals surface area contributed by atoms with Gasteiger partial charge in [0.05, 0.1) is 0 Å². The summed E-state index contributed by atoms with van der Waals surface area (Å²) in [5.41, 5.74) is 0. The van der Waals surface area contributed by atoms with Crippen molar-refractivity contribution < 1.29 is 8.78 Å². The quantitative estimate of drug-likeness (QED) is 0.522. The second-order valence-corrected chi connectivity index (χ2v) is 2.34. The molecule has 56 valence electrons. The van der Waals surface area contributed by atoms with Crippen molar-refractivity contribution in [1.29, 1.82) is 0 Å². The first-order chi connectivity index (χ1) is 4.84. The van der Waals surface area contributed by atoms with Crippen LogP contribution in [0.1, 0.15) is 6.42 Å². The summed E-state index contributed by atoms with van der Waals surface area (Å²) in [7, 11) is 0. The largest absolute Gasteiger partial charge is 0.248 e. The summed E-state index contributed by atoms with van der Waals surface area (Å²) < 4.78 is 24.3. The average molecular weight is 144 g/mol. The average Bonchev–Trinajstić information content (AvgIpc) is 2.05. The minimum Gasteiger partial charge on any atom is -0.248 e. The Kier molecular flexibility index (Phi) is 2.60. The molecule has 0 spiro atoms. The molecule has 0 N–H and O–H groups in total. The standard InChI is InChI=1S/C8H10F2/c9-6-8(10)7-4-2-1-3-5-7/h2-5,7-8H,1,6H2. The first-order valence-electron chi connectivity index (χ1n) is 3.38. The van der Waals surface area contributed by atoms with Gasteiger partial charge < -0.3 is 0 Å². The lowest BCUT2D eigenvalue weighted by Gasteiger charge is -2.12. The van der Waals surface area contributed by atoms with E-state index in [0.717, 1.165) is 6.42 Å². The first-order valence-corrected chi connectivity index (χ1v) is 3.38. The van der Waals surface area contributed by atoms with Crippen molar-refractivity contribution >= 4 is 0 Å². The number of hydrogen-bond acceptors (Lipinski definition) is 0. The van der Waals surface area contributed by atoms with Crippen molar-refractivity contribution in [2.45, 2.75) is 12.6 Å². The normalized spacial score (nSPS) is 21.4. The van der Waals surface area contributed by atoms with Crippen molar-refractivity contribution in [1.82, 2.24) is 0 Å². The molecule has 0 saturated heterocycles. The molecule has 0 amide bonds. The van der Waals surface area contributed by atoms with Gasteiger partial charge in [-0.15, -0.1) is 0 Å². The third-order valence-electron chi connectivity index (χ3n) is 1.55. The summed E-state index contributed by atoms with van der Waals surface area (Å²) in [6, 6.07) is 0. The molecule has 1 aliphatic rings. The molecular weight excluding hydrogens is 134 g/mol. The van der Waals surface area contributed by atoms with Crippen molar-refractivity contribution in [2.75, 3.05) is 6.67 Å². The third kappa shape index (κ3) is 1.66. The first kappa shape index (κ1) is 7.45. The van der Waals surface area contributed by atoms with Crippen molar-refractivity contribution in [2.24, 2.45) is 5.92 Å². The van der Waals surface area contributed by atoms with E-state index in [9.17, 15) is 8.78 Å². The zero-order valence-electron chi connectivity index (χ0n) is 5.63. The van der Waals surface area contributed by atoms with E-state index in [4.69, 9.17) is 0 Å². The molecule has 0 aromatic carbocycles. The van der Waals surface area contributed by atoms with Crippen LogP contribution in [0.3, 0.4) is 0 Å². The van der Waals surface area contributed by atoms with E-state index < -0.39 is 12.8 Å². The van der Waals surface area contributed by atoms with Gasteiger partial charge in [0.1, 0.15) is 12.8 Å². The van der Waals surface area contributed by atoms with E-state index >= 15 is 0 Å². The smallest absolute Gasteiger partial charge is 0.138 e. The number of rotatable bonds is 2. The van der Waals surface area contributed by atoms with E-state index in [1.807, 2.05) is 12.2 Å². The zero-order chi connectivity index (χ0) is 7.40. The Balaban J connectivity index is 2.46. The summed E-state index contributed by atoms with van der Waals surface area (Å²) in [4.78, 5) is 0. The fraction of sp³-hybridized carbons (Fsp3) is 0.500. The Hall–Kier alpha value is -0.660. The predicted molar refractivity (Wildman–Crippen MR) is 37.3 cm³/mol. The zero-order valence-corrected chi connectivity index (χ0v) is 5.63. The van der Waals surface area contributed by atoms with Crippen molar-refractivity contribution in [3.63, 3.8) is 0 Å². The lowest BCUT2D eigenvalue weighted by molar-refractivity contribution is 0.230. The monoisotopic (exact) mass is 144 g/mol. The van der Waals surface area contributed by atoms with Crippen LogP contribution in [0, 0.1) is 5.92 Å². The van der Waals surface area contributed by atoms with Crippen LogP contribution in [0.5, 0.6) is 0 Å². The Labute approximate surface area is 59.2 Å². The molecule has 1 rings (SSSR count). The highest BCUT2D eigenvalue weighted by Crippen LogP contribution is 2.16. The van der Waals surface area contributed by atoms with Gasteiger partial charge in [-0.25, -0.2) is 8.78 Å². The van der Waals surface area contributed by atoms with Gasteiger partial charge in [0.15, 0.2) is 0 Å². The highest BCUT2D eigenvalue weighted by molar-refractivity contribution is 5.10. The lowest BCUT2D eigenvalue weighted by Crippen LogP contribution is -2.14. The molecule has 0 aromatic heterocycles. The van der Waals surface area contributed by atoms with Crippen LogP contribution in [-0.2, 0) is 0 Å². The molecular formula is C8H10F2. The fourth-order valence-electron chi connectivity index (χ4n) is 0.958. The van der Waals surface area contributed by atoms with E-state index in [1.54, 1.807) is 12.2 Å². The summed E-state index contributed by atoms with van der Waals surface area (Å²) in [6.45, 7) is -0.890. The Morgan fingerprint density at radius 3 is 2.50 bits per heavy atom. The van der Waals surface area contributed by atoms with Crippen LogP contribution in [-0.4, -0.2) is 12.8 Å². The summed E-state index contributed by atoms with van der Waals surface area (Å²) in [6.07, 6.45) is 6.62. The number of alkyl halides is 2. The maximum absolute atomic E-state index is 12.5. The Bertz CT molecular complexity index is 137. The maximum Gasteiger partial charge on any atom is 0.138 e. The molecule has 0 aliphatic heterocycles. The van der Waals surface area contributed by atoms with Crippen LogP contribution in [0.4, 0.5) is 8.78 Å². The lowest BCUT2D eigenvalue weighted by atomic mass is 9.99. The van der Waals surface area contributed by atoms with Gasteiger partial charge in [-0.2, -0.15) is 0 Å². The Morgan fingerprint density at radius 1 is 1.40 bits per heavy atom. The van der Waals surface area contributed by atoms with Gasteiger partial charge in [-0.05, 0) is 6.42 Å². The van der Waals surface area contributed by atoms with Crippen molar-refractivity contribution in [3.05, 3.63) is 24.3 Å². The minimum absolute atomic E-state index is 0.334. The van der Waals surface area contributed by atoms with Gasteiger partial charge in [0, 0.05) is 5.92 Å². The molecule has 1 atom stereocenters. The highest BCUT2D eigenvalue weighted by Gasteiger charge is 2.15. The molecule has 0 saturated carbocycles. The van der Waals surface area contributed by atoms with E-state index in [0.29, 0.717) is 0 Å². The molecule has 10 heavy (non-hydrogen) atoms. The third-order valence-corrected chi connectivity index (χ3v) is 1.55. The molecule has 0 heterocycles. The topological polar surface area (TPSA) is 0 Å². The van der Waals surface area contributed by atoms with Gasteiger partial charge >= 0.3 is 0 Å². The Morgan fingerprint density at radius 2 is 2.00 bits per heavy atom.